The first-order valence-corrected chi connectivity index (χ1v) is 3.14. The molecular formula is C9H11N. The summed E-state index contributed by atoms with van der Waals surface area (Å²) >= 11 is 0. The van der Waals surface area contributed by atoms with E-state index in [4.69, 9.17) is 5.26 Å². The number of hydrogen-bond acceptors (Lipinski definition) is 1. The molecule has 0 aromatic rings. The zero-order chi connectivity index (χ0) is 7.82. The van der Waals surface area contributed by atoms with E-state index in [1.165, 1.54) is 0 Å². The Labute approximate surface area is 62.0 Å². The van der Waals surface area contributed by atoms with Crippen LogP contribution in [0.2, 0.25) is 0 Å². The summed E-state index contributed by atoms with van der Waals surface area (Å²) in [6.45, 7) is 7.16. The SMILES string of the molecule is C=CCC(=CC#N)CC=C. The van der Waals surface area contributed by atoms with Crippen LogP contribution in [-0.4, -0.2) is 0 Å². The maximum Gasteiger partial charge on any atom is 0.0911 e. The molecule has 0 saturated carbocycles. The maximum absolute atomic E-state index is 8.29. The molecule has 0 unspecified atom stereocenters. The van der Waals surface area contributed by atoms with Gasteiger partial charge in [-0.25, -0.2) is 0 Å². The van der Waals surface area contributed by atoms with E-state index in [1.807, 2.05) is 6.07 Å². The van der Waals surface area contributed by atoms with Crippen LogP contribution in [-0.2, 0) is 0 Å². The highest BCUT2D eigenvalue weighted by Gasteiger charge is 1.88. The van der Waals surface area contributed by atoms with Crippen LogP contribution in [0.1, 0.15) is 12.8 Å². The molecule has 0 N–H and O–H groups in total. The second-order valence-electron chi connectivity index (χ2n) is 1.92. The lowest BCUT2D eigenvalue weighted by Gasteiger charge is -1.94. The summed E-state index contributed by atoms with van der Waals surface area (Å²) in [5, 5.41) is 8.29. The van der Waals surface area contributed by atoms with Gasteiger partial charge < -0.3 is 0 Å². The van der Waals surface area contributed by atoms with Crippen LogP contribution in [0.4, 0.5) is 0 Å². The van der Waals surface area contributed by atoms with Crippen molar-refractivity contribution in [3.8, 4) is 6.07 Å². The Balaban J connectivity index is 3.98. The Morgan fingerprint density at radius 3 is 2.10 bits per heavy atom. The first-order valence-electron chi connectivity index (χ1n) is 3.14. The van der Waals surface area contributed by atoms with Crippen molar-refractivity contribution in [3.05, 3.63) is 37.0 Å². The minimum atomic E-state index is 0.777. The molecule has 0 atom stereocenters. The predicted molar refractivity (Wildman–Crippen MR) is 43.3 cm³/mol. The van der Waals surface area contributed by atoms with Crippen LogP contribution >= 0.6 is 0 Å². The third-order valence-electron chi connectivity index (χ3n) is 1.08. The Kier molecular flexibility index (Phi) is 5.09. The number of rotatable bonds is 4. The Hall–Kier alpha value is -1.29. The van der Waals surface area contributed by atoms with Gasteiger partial charge in [-0.3, -0.25) is 0 Å². The fraction of sp³-hybridized carbons (Fsp3) is 0.222. The molecule has 0 amide bonds. The van der Waals surface area contributed by atoms with Crippen LogP contribution in [0.15, 0.2) is 37.0 Å². The van der Waals surface area contributed by atoms with Crippen molar-refractivity contribution in [2.45, 2.75) is 12.8 Å². The quantitative estimate of drug-likeness (QED) is 0.427. The van der Waals surface area contributed by atoms with Gasteiger partial charge in [0, 0.05) is 6.08 Å². The van der Waals surface area contributed by atoms with E-state index in [-0.39, 0.29) is 0 Å². The Bertz CT molecular complexity index is 169. The summed E-state index contributed by atoms with van der Waals surface area (Å²) in [6, 6.07) is 1.98. The first kappa shape index (κ1) is 8.71. The normalized spacial score (nSPS) is 7.50. The van der Waals surface area contributed by atoms with Crippen molar-refractivity contribution in [3.63, 3.8) is 0 Å². The van der Waals surface area contributed by atoms with Crippen molar-refractivity contribution in [2.75, 3.05) is 0 Å². The monoisotopic (exact) mass is 133 g/mol. The standard InChI is InChI=1S/C9H11N/c1-3-5-9(6-4-2)7-8-10/h3-4,7H,1-2,5-6H2. The fourth-order valence-corrected chi connectivity index (χ4v) is 0.663. The molecule has 0 radical (unpaired) electrons. The lowest BCUT2D eigenvalue weighted by molar-refractivity contribution is 1.11. The van der Waals surface area contributed by atoms with E-state index in [9.17, 15) is 0 Å². The highest BCUT2D eigenvalue weighted by molar-refractivity contribution is 5.17. The lowest BCUT2D eigenvalue weighted by Crippen LogP contribution is -1.76. The highest BCUT2D eigenvalue weighted by atomic mass is 14.2. The number of allylic oxidation sites excluding steroid dienone is 4. The van der Waals surface area contributed by atoms with Gasteiger partial charge in [0.05, 0.1) is 6.07 Å². The number of nitriles is 1. The third-order valence-corrected chi connectivity index (χ3v) is 1.08. The summed E-state index contributed by atoms with van der Waals surface area (Å²) in [5.41, 5.74) is 1.06. The number of hydrogen-bond donors (Lipinski definition) is 0. The number of nitrogens with zero attached hydrogens (tertiary/aromatic N) is 1. The van der Waals surface area contributed by atoms with Gasteiger partial charge in [-0.1, -0.05) is 17.7 Å². The second kappa shape index (κ2) is 5.84. The molecular weight excluding hydrogens is 122 g/mol. The summed E-state index contributed by atoms with van der Waals surface area (Å²) in [7, 11) is 0. The fourth-order valence-electron chi connectivity index (χ4n) is 0.663. The van der Waals surface area contributed by atoms with E-state index in [1.54, 1.807) is 18.2 Å². The highest BCUT2D eigenvalue weighted by Crippen LogP contribution is 2.06. The topological polar surface area (TPSA) is 23.8 Å². The predicted octanol–water partition coefficient (Wildman–Crippen LogP) is 2.59. The average molecular weight is 133 g/mol. The van der Waals surface area contributed by atoms with Gasteiger partial charge in [0.2, 0.25) is 0 Å². The molecule has 0 aromatic carbocycles. The molecule has 10 heavy (non-hydrogen) atoms. The molecule has 52 valence electrons. The van der Waals surface area contributed by atoms with Crippen LogP contribution in [0.25, 0.3) is 0 Å². The molecule has 0 heterocycles. The van der Waals surface area contributed by atoms with E-state index < -0.39 is 0 Å². The van der Waals surface area contributed by atoms with Crippen LogP contribution in [0, 0.1) is 11.3 Å². The first-order chi connectivity index (χ1) is 4.85. The van der Waals surface area contributed by atoms with E-state index in [0.29, 0.717) is 0 Å². The molecule has 0 saturated heterocycles. The van der Waals surface area contributed by atoms with E-state index in [2.05, 4.69) is 13.2 Å². The van der Waals surface area contributed by atoms with Crippen molar-refractivity contribution in [2.24, 2.45) is 0 Å². The summed E-state index contributed by atoms with van der Waals surface area (Å²) in [4.78, 5) is 0. The van der Waals surface area contributed by atoms with Gasteiger partial charge in [-0.2, -0.15) is 5.26 Å². The largest absolute Gasteiger partial charge is 0.193 e. The van der Waals surface area contributed by atoms with Crippen molar-refractivity contribution in [1.82, 2.24) is 0 Å². The smallest absolute Gasteiger partial charge is 0.0911 e. The Morgan fingerprint density at radius 1 is 1.30 bits per heavy atom. The van der Waals surface area contributed by atoms with Gasteiger partial charge in [0.25, 0.3) is 0 Å². The molecule has 1 nitrogen and oxygen atoms in total. The molecule has 0 fully saturated rings. The molecule has 0 bridgehead atoms. The van der Waals surface area contributed by atoms with Crippen molar-refractivity contribution >= 4 is 0 Å². The van der Waals surface area contributed by atoms with Gasteiger partial charge in [0.1, 0.15) is 0 Å². The minimum Gasteiger partial charge on any atom is -0.193 e. The zero-order valence-electron chi connectivity index (χ0n) is 6.01. The minimum absolute atomic E-state index is 0.777. The van der Waals surface area contributed by atoms with Crippen LogP contribution < -0.4 is 0 Å². The lowest BCUT2D eigenvalue weighted by atomic mass is 10.1. The maximum atomic E-state index is 8.29. The Morgan fingerprint density at radius 2 is 1.80 bits per heavy atom. The van der Waals surface area contributed by atoms with Crippen molar-refractivity contribution in [1.29, 1.82) is 5.26 Å². The van der Waals surface area contributed by atoms with E-state index in [0.717, 1.165) is 18.4 Å². The summed E-state index contributed by atoms with van der Waals surface area (Å²) in [6.07, 6.45) is 6.67. The molecule has 0 aliphatic carbocycles. The summed E-state index contributed by atoms with van der Waals surface area (Å²) < 4.78 is 0. The van der Waals surface area contributed by atoms with Gasteiger partial charge in [0.15, 0.2) is 0 Å². The van der Waals surface area contributed by atoms with Gasteiger partial charge >= 0.3 is 0 Å². The second-order valence-corrected chi connectivity index (χ2v) is 1.92. The van der Waals surface area contributed by atoms with Gasteiger partial charge in [-0.15, -0.1) is 13.2 Å². The molecule has 0 aliphatic heterocycles. The molecule has 0 spiro atoms. The average Bonchev–Trinajstić information content (AvgIpc) is 1.90. The molecule has 0 aromatic heterocycles. The molecule has 0 rings (SSSR count). The van der Waals surface area contributed by atoms with Crippen LogP contribution in [0.5, 0.6) is 0 Å². The molecule has 1 heteroatoms. The molecule has 0 aliphatic rings. The van der Waals surface area contributed by atoms with Crippen LogP contribution in [0.3, 0.4) is 0 Å². The van der Waals surface area contributed by atoms with Gasteiger partial charge in [-0.05, 0) is 12.8 Å². The third kappa shape index (κ3) is 3.68. The van der Waals surface area contributed by atoms with E-state index >= 15 is 0 Å². The van der Waals surface area contributed by atoms with Crippen molar-refractivity contribution < 1.29 is 0 Å². The zero-order valence-corrected chi connectivity index (χ0v) is 6.01. The summed E-state index contributed by atoms with van der Waals surface area (Å²) in [5.74, 6) is 0.